The van der Waals surface area contributed by atoms with Gasteiger partial charge in [-0.2, -0.15) is 5.10 Å². The molecule has 2 atom stereocenters. The third-order valence-electron chi connectivity index (χ3n) is 6.66. The van der Waals surface area contributed by atoms with E-state index in [1.165, 1.54) is 23.2 Å². The number of hydrogen-bond acceptors (Lipinski definition) is 4. The number of piperidine rings is 1. The number of hydrogen-bond donors (Lipinski definition) is 0. The zero-order valence-electron chi connectivity index (χ0n) is 18.4. The molecule has 1 fully saturated rings. The van der Waals surface area contributed by atoms with Crippen LogP contribution in [-0.2, 0) is 33.2 Å². The van der Waals surface area contributed by atoms with E-state index in [1.807, 2.05) is 24.0 Å². The molecule has 6 heteroatoms. The minimum Gasteiger partial charge on any atom is -0.312 e. The summed E-state index contributed by atoms with van der Waals surface area (Å²) < 4.78 is 3.94. The van der Waals surface area contributed by atoms with E-state index in [-0.39, 0.29) is 5.56 Å². The van der Waals surface area contributed by atoms with Crippen LogP contribution in [0.2, 0.25) is 0 Å². The molecule has 2 bridgehead atoms. The smallest absolute Gasteiger partial charge is 0.255 e. The maximum Gasteiger partial charge on any atom is 0.255 e. The van der Waals surface area contributed by atoms with Crippen molar-refractivity contribution in [1.82, 2.24) is 24.1 Å². The Labute approximate surface area is 183 Å². The van der Waals surface area contributed by atoms with Crippen molar-refractivity contribution in [3.63, 3.8) is 0 Å². The van der Waals surface area contributed by atoms with Gasteiger partial charge in [-0.15, -0.1) is 0 Å². The number of pyridine rings is 1. The first-order valence-electron chi connectivity index (χ1n) is 11.2. The molecule has 6 nitrogen and oxygen atoms in total. The van der Waals surface area contributed by atoms with E-state index < -0.39 is 0 Å². The van der Waals surface area contributed by atoms with E-state index in [9.17, 15) is 4.79 Å². The number of aryl methyl sites for hydroxylation is 1. The molecule has 2 aliphatic rings. The van der Waals surface area contributed by atoms with E-state index in [1.54, 1.807) is 0 Å². The predicted octanol–water partition coefficient (Wildman–Crippen LogP) is 2.83. The van der Waals surface area contributed by atoms with Crippen molar-refractivity contribution in [2.45, 2.75) is 38.5 Å². The predicted molar refractivity (Wildman–Crippen MR) is 122 cm³/mol. The summed E-state index contributed by atoms with van der Waals surface area (Å²) in [6, 6.07) is 14.7. The van der Waals surface area contributed by atoms with E-state index in [2.05, 4.69) is 69.1 Å². The molecule has 0 saturated carbocycles. The fourth-order valence-corrected chi connectivity index (χ4v) is 5.39. The lowest BCUT2D eigenvalue weighted by Crippen LogP contribution is -2.47. The van der Waals surface area contributed by atoms with Gasteiger partial charge in [-0.3, -0.25) is 19.3 Å². The number of aromatic nitrogens is 3. The van der Waals surface area contributed by atoms with Gasteiger partial charge in [-0.25, -0.2) is 0 Å². The molecule has 1 aromatic carbocycles. The Morgan fingerprint density at radius 1 is 1.03 bits per heavy atom. The highest BCUT2D eigenvalue weighted by Crippen LogP contribution is 2.35. The first kappa shape index (κ1) is 20.2. The van der Waals surface area contributed by atoms with Gasteiger partial charge in [0.25, 0.3) is 5.56 Å². The van der Waals surface area contributed by atoms with Crippen molar-refractivity contribution in [3.8, 4) is 0 Å². The minimum absolute atomic E-state index is 0.202. The van der Waals surface area contributed by atoms with Crippen molar-refractivity contribution in [1.29, 1.82) is 0 Å². The summed E-state index contributed by atoms with van der Waals surface area (Å²) in [7, 11) is 4.05. The van der Waals surface area contributed by atoms with Gasteiger partial charge in [0.1, 0.15) is 0 Å². The van der Waals surface area contributed by atoms with E-state index >= 15 is 0 Å². The van der Waals surface area contributed by atoms with Crippen LogP contribution in [0, 0.1) is 5.92 Å². The van der Waals surface area contributed by atoms with Crippen molar-refractivity contribution in [2.24, 2.45) is 13.0 Å². The monoisotopic (exact) mass is 417 g/mol. The van der Waals surface area contributed by atoms with Crippen LogP contribution in [0.15, 0.2) is 59.7 Å². The first-order chi connectivity index (χ1) is 15.0. The SMILES string of the molecule is CN(Cc1ccccc1)Cc1ccc2n(c1=O)C[C@H]1C[C@@H]2CN(Cc2cnn(C)c2)C1. The number of fused-ring (bicyclic) bond motifs is 4. The zero-order chi connectivity index (χ0) is 21.4. The highest BCUT2D eigenvalue weighted by molar-refractivity contribution is 5.23. The molecule has 2 aliphatic heterocycles. The fourth-order valence-electron chi connectivity index (χ4n) is 5.39. The van der Waals surface area contributed by atoms with Gasteiger partial charge in [-0.1, -0.05) is 36.4 Å². The molecule has 4 heterocycles. The van der Waals surface area contributed by atoms with Crippen molar-refractivity contribution < 1.29 is 0 Å². The van der Waals surface area contributed by atoms with Crippen LogP contribution in [0.3, 0.4) is 0 Å². The maximum absolute atomic E-state index is 13.3. The molecule has 0 amide bonds. The average molecular weight is 418 g/mol. The van der Waals surface area contributed by atoms with Crippen LogP contribution >= 0.6 is 0 Å². The normalized spacial score (nSPS) is 20.7. The van der Waals surface area contributed by atoms with E-state index in [0.717, 1.165) is 38.3 Å². The largest absolute Gasteiger partial charge is 0.312 e. The van der Waals surface area contributed by atoms with E-state index in [0.29, 0.717) is 18.4 Å². The standard InChI is InChI=1S/C25H31N5O/c1-27(12-19-6-4-3-5-7-19)17-22-8-9-24-23-10-20(16-30(24)25(22)31)14-29(18-23)15-21-11-26-28(2)13-21/h3-9,11,13,20,23H,10,12,14-18H2,1-2H3/t20-,23+/m0/s1. The maximum atomic E-state index is 13.3. The molecule has 1 saturated heterocycles. The minimum atomic E-state index is 0.202. The summed E-state index contributed by atoms with van der Waals surface area (Å²) in [5.74, 6) is 0.978. The van der Waals surface area contributed by atoms with Crippen LogP contribution < -0.4 is 5.56 Å². The quantitative estimate of drug-likeness (QED) is 0.619. The van der Waals surface area contributed by atoms with Crippen LogP contribution in [0.5, 0.6) is 0 Å². The van der Waals surface area contributed by atoms with Crippen LogP contribution in [-0.4, -0.2) is 44.3 Å². The van der Waals surface area contributed by atoms with Crippen molar-refractivity contribution in [3.05, 3.63) is 87.6 Å². The lowest BCUT2D eigenvalue weighted by Gasteiger charge is -2.43. The van der Waals surface area contributed by atoms with Gasteiger partial charge in [-0.05, 0) is 31.0 Å². The Balaban J connectivity index is 1.30. The number of nitrogens with zero attached hydrogens (tertiary/aromatic N) is 5. The van der Waals surface area contributed by atoms with Crippen LogP contribution in [0.25, 0.3) is 0 Å². The van der Waals surface area contributed by atoms with E-state index in [4.69, 9.17) is 0 Å². The molecular formula is C25H31N5O. The van der Waals surface area contributed by atoms with Gasteiger partial charge in [0, 0.05) is 75.3 Å². The molecule has 0 spiro atoms. The number of likely N-dealkylation sites (tertiary alicyclic amines) is 1. The molecular weight excluding hydrogens is 386 g/mol. The molecule has 0 N–H and O–H groups in total. The summed E-state index contributed by atoms with van der Waals surface area (Å²) in [6.45, 7) is 5.36. The first-order valence-corrected chi connectivity index (χ1v) is 11.2. The Kier molecular flexibility index (Phi) is 5.50. The lowest BCUT2D eigenvalue weighted by atomic mass is 9.83. The van der Waals surface area contributed by atoms with Crippen molar-refractivity contribution >= 4 is 0 Å². The molecule has 2 aromatic heterocycles. The Hall–Kier alpha value is -2.70. The van der Waals surface area contributed by atoms with Gasteiger partial charge < -0.3 is 4.57 Å². The van der Waals surface area contributed by atoms with Gasteiger partial charge in [0.05, 0.1) is 6.20 Å². The molecule has 3 aromatic rings. The highest BCUT2D eigenvalue weighted by Gasteiger charge is 2.35. The summed E-state index contributed by atoms with van der Waals surface area (Å²) >= 11 is 0. The van der Waals surface area contributed by atoms with Gasteiger partial charge >= 0.3 is 0 Å². The number of benzene rings is 1. The molecule has 0 unspecified atom stereocenters. The topological polar surface area (TPSA) is 46.3 Å². The van der Waals surface area contributed by atoms with Gasteiger partial charge in [0.2, 0.25) is 0 Å². The molecule has 162 valence electrons. The molecule has 0 aliphatic carbocycles. The Morgan fingerprint density at radius 3 is 2.65 bits per heavy atom. The fraction of sp³-hybridized carbons (Fsp3) is 0.440. The average Bonchev–Trinajstić information content (AvgIpc) is 3.15. The second kappa shape index (κ2) is 8.44. The van der Waals surface area contributed by atoms with Gasteiger partial charge in [0.15, 0.2) is 0 Å². The third kappa shape index (κ3) is 4.36. The lowest BCUT2D eigenvalue weighted by molar-refractivity contribution is 0.114. The second-order valence-corrected chi connectivity index (χ2v) is 9.37. The van der Waals surface area contributed by atoms with Crippen LogP contribution in [0.1, 0.15) is 34.7 Å². The summed E-state index contributed by atoms with van der Waals surface area (Å²) in [4.78, 5) is 18.1. The van der Waals surface area contributed by atoms with Crippen LogP contribution in [0.4, 0.5) is 0 Å². The Bertz CT molecular complexity index is 1100. The van der Waals surface area contributed by atoms with Crippen molar-refractivity contribution in [2.75, 3.05) is 20.1 Å². The third-order valence-corrected chi connectivity index (χ3v) is 6.66. The summed E-state index contributed by atoms with van der Waals surface area (Å²) in [5.41, 5.74) is 4.84. The molecule has 5 rings (SSSR count). The summed E-state index contributed by atoms with van der Waals surface area (Å²) in [5, 5.41) is 4.30. The summed E-state index contributed by atoms with van der Waals surface area (Å²) in [6.07, 6.45) is 5.25. The zero-order valence-corrected chi connectivity index (χ0v) is 18.4. The Morgan fingerprint density at radius 2 is 1.87 bits per heavy atom. The molecule has 31 heavy (non-hydrogen) atoms. The molecule has 0 radical (unpaired) electrons. The highest BCUT2D eigenvalue weighted by atomic mass is 16.1. The number of rotatable bonds is 6. The second-order valence-electron chi connectivity index (χ2n) is 9.37.